The van der Waals surface area contributed by atoms with E-state index in [0.29, 0.717) is 25.0 Å². The zero-order chi connectivity index (χ0) is 20.3. The summed E-state index contributed by atoms with van der Waals surface area (Å²) in [5, 5.41) is 3.63. The van der Waals surface area contributed by atoms with Crippen LogP contribution >= 0.6 is 24.0 Å². The second-order valence-electron chi connectivity index (χ2n) is 8.29. The molecule has 6 nitrogen and oxygen atoms in total. The van der Waals surface area contributed by atoms with Gasteiger partial charge in [-0.25, -0.2) is 0 Å². The second-order valence-corrected chi connectivity index (χ2v) is 8.29. The van der Waals surface area contributed by atoms with E-state index in [-0.39, 0.29) is 24.0 Å². The lowest BCUT2D eigenvalue weighted by Crippen LogP contribution is -2.42. The Morgan fingerprint density at radius 3 is 2.67 bits per heavy atom. The molecule has 2 atom stereocenters. The van der Waals surface area contributed by atoms with Crippen LogP contribution in [0.25, 0.3) is 0 Å². The van der Waals surface area contributed by atoms with Crippen molar-refractivity contribution in [2.45, 2.75) is 19.3 Å². The fourth-order valence-electron chi connectivity index (χ4n) is 4.34. The zero-order valence-electron chi connectivity index (χ0n) is 18.6. The third-order valence-electron chi connectivity index (χ3n) is 6.06. The highest BCUT2D eigenvalue weighted by atomic mass is 127. The third-order valence-corrected chi connectivity index (χ3v) is 6.06. The molecule has 2 saturated heterocycles. The number of likely N-dealkylation sites (tertiary alicyclic amines) is 2. The summed E-state index contributed by atoms with van der Waals surface area (Å²) in [4.78, 5) is 9.51. The van der Waals surface area contributed by atoms with Crippen molar-refractivity contribution in [3.8, 4) is 0 Å². The summed E-state index contributed by atoms with van der Waals surface area (Å²) in [6.45, 7) is 8.83. The van der Waals surface area contributed by atoms with Crippen LogP contribution < -0.4 is 5.32 Å². The topological polar surface area (TPSA) is 49.3 Å². The van der Waals surface area contributed by atoms with Gasteiger partial charge in [-0.05, 0) is 37.3 Å². The Balaban J connectivity index is 0.00000320. The van der Waals surface area contributed by atoms with E-state index in [4.69, 9.17) is 9.47 Å². The number of guanidine groups is 1. The molecule has 0 spiro atoms. The standard InChI is InChI=1S/C23H38N4O2.HI/c1-24-23(27-13-10-22(18-27)19-29-15-14-28-2)25-16-21-9-12-26(17-21)11-8-20-6-4-3-5-7-20;/h3-7,21-22H,8-19H2,1-2H3,(H,24,25);1H. The molecule has 30 heavy (non-hydrogen) atoms. The van der Waals surface area contributed by atoms with Crippen molar-refractivity contribution in [3.63, 3.8) is 0 Å². The maximum atomic E-state index is 5.71. The van der Waals surface area contributed by atoms with Crippen molar-refractivity contribution >= 4 is 29.9 Å². The normalized spacial score (nSPS) is 22.3. The van der Waals surface area contributed by atoms with Gasteiger partial charge in [-0.15, -0.1) is 24.0 Å². The van der Waals surface area contributed by atoms with Crippen molar-refractivity contribution in [1.82, 2.24) is 15.1 Å². The highest BCUT2D eigenvalue weighted by molar-refractivity contribution is 14.0. The largest absolute Gasteiger partial charge is 0.382 e. The van der Waals surface area contributed by atoms with Gasteiger partial charge in [0.2, 0.25) is 0 Å². The Labute approximate surface area is 199 Å². The minimum absolute atomic E-state index is 0. The number of nitrogens with zero attached hydrogens (tertiary/aromatic N) is 3. The number of halogens is 1. The highest BCUT2D eigenvalue weighted by Crippen LogP contribution is 2.18. The fourth-order valence-corrected chi connectivity index (χ4v) is 4.34. The molecule has 3 rings (SSSR count). The van der Waals surface area contributed by atoms with Crippen LogP contribution in [0.1, 0.15) is 18.4 Å². The monoisotopic (exact) mass is 530 g/mol. The maximum Gasteiger partial charge on any atom is 0.193 e. The van der Waals surface area contributed by atoms with Crippen molar-refractivity contribution in [3.05, 3.63) is 35.9 Å². The molecule has 0 saturated carbocycles. The van der Waals surface area contributed by atoms with E-state index in [1.807, 2.05) is 7.05 Å². The van der Waals surface area contributed by atoms with E-state index in [2.05, 4.69) is 50.4 Å². The van der Waals surface area contributed by atoms with Crippen molar-refractivity contribution in [2.24, 2.45) is 16.8 Å². The SMILES string of the molecule is CN=C(NCC1CCN(CCc2ccccc2)C1)N1CCC(COCCOC)C1.I. The Bertz CT molecular complexity index is 616. The average Bonchev–Trinajstić information content (AvgIpc) is 3.41. The summed E-state index contributed by atoms with van der Waals surface area (Å²) < 4.78 is 10.8. The maximum absolute atomic E-state index is 5.71. The summed E-state index contributed by atoms with van der Waals surface area (Å²) in [6, 6.07) is 10.8. The molecule has 2 aliphatic rings. The van der Waals surface area contributed by atoms with Crippen LogP contribution in [0.3, 0.4) is 0 Å². The summed E-state index contributed by atoms with van der Waals surface area (Å²) in [6.07, 6.45) is 3.59. The molecule has 170 valence electrons. The molecule has 0 amide bonds. The van der Waals surface area contributed by atoms with Gasteiger partial charge in [-0.1, -0.05) is 30.3 Å². The summed E-state index contributed by atoms with van der Waals surface area (Å²) in [7, 11) is 3.61. The van der Waals surface area contributed by atoms with Gasteiger partial charge < -0.3 is 24.6 Å². The Kier molecular flexibility index (Phi) is 12.0. The molecule has 0 aromatic heterocycles. The molecular formula is C23H39IN4O2. The highest BCUT2D eigenvalue weighted by Gasteiger charge is 2.27. The smallest absolute Gasteiger partial charge is 0.193 e. The average molecular weight is 530 g/mol. The van der Waals surface area contributed by atoms with Gasteiger partial charge in [0.25, 0.3) is 0 Å². The molecule has 2 aliphatic heterocycles. The van der Waals surface area contributed by atoms with E-state index in [1.54, 1.807) is 7.11 Å². The van der Waals surface area contributed by atoms with Crippen molar-refractivity contribution in [2.75, 3.05) is 73.2 Å². The van der Waals surface area contributed by atoms with E-state index < -0.39 is 0 Å². The first-order valence-electron chi connectivity index (χ1n) is 11.1. The van der Waals surface area contributed by atoms with E-state index in [0.717, 1.165) is 45.2 Å². The Hall–Kier alpha value is -0.900. The molecule has 7 heteroatoms. The zero-order valence-corrected chi connectivity index (χ0v) is 20.9. The van der Waals surface area contributed by atoms with Gasteiger partial charge in [-0.2, -0.15) is 0 Å². The number of rotatable bonds is 10. The van der Waals surface area contributed by atoms with Gasteiger partial charge in [-0.3, -0.25) is 4.99 Å². The molecule has 1 N–H and O–H groups in total. The lowest BCUT2D eigenvalue weighted by Gasteiger charge is -2.23. The molecule has 0 aliphatic carbocycles. The summed E-state index contributed by atoms with van der Waals surface area (Å²) >= 11 is 0. The number of methoxy groups -OCH3 is 1. The van der Waals surface area contributed by atoms with Gasteiger partial charge in [0.15, 0.2) is 5.96 Å². The van der Waals surface area contributed by atoms with Gasteiger partial charge in [0.1, 0.15) is 0 Å². The van der Waals surface area contributed by atoms with Crippen molar-refractivity contribution < 1.29 is 9.47 Å². The van der Waals surface area contributed by atoms with Crippen LogP contribution in [0.4, 0.5) is 0 Å². The number of benzene rings is 1. The molecule has 0 bridgehead atoms. The lowest BCUT2D eigenvalue weighted by atomic mass is 10.1. The first-order chi connectivity index (χ1) is 14.3. The quantitative estimate of drug-likeness (QED) is 0.218. The number of aliphatic imine (C=N–C) groups is 1. The van der Waals surface area contributed by atoms with Crippen molar-refractivity contribution in [1.29, 1.82) is 0 Å². The first kappa shape index (κ1) is 25.4. The molecular weight excluding hydrogens is 491 g/mol. The fraction of sp³-hybridized carbons (Fsp3) is 0.696. The number of hydrogen-bond acceptors (Lipinski definition) is 4. The Morgan fingerprint density at radius 1 is 1.10 bits per heavy atom. The van der Waals surface area contributed by atoms with E-state index in [9.17, 15) is 0 Å². The predicted molar refractivity (Wildman–Crippen MR) is 134 cm³/mol. The Morgan fingerprint density at radius 2 is 1.90 bits per heavy atom. The van der Waals surface area contributed by atoms with Gasteiger partial charge in [0.05, 0.1) is 19.8 Å². The van der Waals surface area contributed by atoms with Crippen LogP contribution in [-0.4, -0.2) is 89.0 Å². The summed E-state index contributed by atoms with van der Waals surface area (Å²) in [5.74, 6) is 2.34. The minimum atomic E-state index is 0. The van der Waals surface area contributed by atoms with Crippen LogP contribution in [0, 0.1) is 11.8 Å². The number of ether oxygens (including phenoxy) is 2. The van der Waals surface area contributed by atoms with Crippen LogP contribution in [0.2, 0.25) is 0 Å². The molecule has 0 radical (unpaired) electrons. The lowest BCUT2D eigenvalue weighted by molar-refractivity contribution is 0.0536. The van der Waals surface area contributed by atoms with Crippen LogP contribution in [-0.2, 0) is 15.9 Å². The predicted octanol–water partition coefficient (Wildman–Crippen LogP) is 2.73. The molecule has 2 heterocycles. The molecule has 2 unspecified atom stereocenters. The minimum Gasteiger partial charge on any atom is -0.382 e. The second kappa shape index (κ2) is 14.2. The number of nitrogens with one attached hydrogen (secondary N) is 1. The first-order valence-corrected chi connectivity index (χ1v) is 11.1. The van der Waals surface area contributed by atoms with E-state index in [1.165, 1.54) is 31.5 Å². The molecule has 1 aromatic rings. The van der Waals surface area contributed by atoms with Crippen LogP contribution in [0.15, 0.2) is 35.3 Å². The van der Waals surface area contributed by atoms with Crippen LogP contribution in [0.5, 0.6) is 0 Å². The number of hydrogen-bond donors (Lipinski definition) is 1. The molecule has 1 aromatic carbocycles. The summed E-state index contributed by atoms with van der Waals surface area (Å²) in [5.41, 5.74) is 1.43. The third kappa shape index (κ3) is 8.32. The van der Waals surface area contributed by atoms with E-state index >= 15 is 0 Å². The van der Waals surface area contributed by atoms with Gasteiger partial charge in [0, 0.05) is 52.8 Å². The van der Waals surface area contributed by atoms with Gasteiger partial charge >= 0.3 is 0 Å². The molecule has 2 fully saturated rings.